The Bertz CT molecular complexity index is 992. The van der Waals surface area contributed by atoms with E-state index in [0.29, 0.717) is 18.9 Å². The van der Waals surface area contributed by atoms with Gasteiger partial charge < -0.3 is 9.80 Å². The number of hydrogen-bond acceptors (Lipinski definition) is 3. The molecular formula is C26H32Cl2N2O2. The van der Waals surface area contributed by atoms with Crippen LogP contribution >= 0.6 is 24.0 Å². The fourth-order valence-electron chi connectivity index (χ4n) is 4.78. The maximum atomic E-state index is 12.9. The van der Waals surface area contributed by atoms with E-state index >= 15 is 0 Å². The van der Waals surface area contributed by atoms with E-state index in [0.717, 1.165) is 67.0 Å². The summed E-state index contributed by atoms with van der Waals surface area (Å²) in [7, 11) is 2.14. The van der Waals surface area contributed by atoms with Crippen molar-refractivity contribution in [3.8, 4) is 0 Å². The highest BCUT2D eigenvalue weighted by Crippen LogP contribution is 2.37. The molecule has 1 atom stereocenters. The molecule has 6 heteroatoms. The Balaban J connectivity index is 0.00000289. The average Bonchev–Trinajstić information content (AvgIpc) is 3.09. The van der Waals surface area contributed by atoms with Gasteiger partial charge in [0.05, 0.1) is 12.1 Å². The van der Waals surface area contributed by atoms with Crippen molar-refractivity contribution in [1.82, 2.24) is 4.90 Å². The van der Waals surface area contributed by atoms with E-state index in [9.17, 15) is 9.59 Å². The summed E-state index contributed by atoms with van der Waals surface area (Å²) in [5.41, 5.74) is 5.26. The highest BCUT2D eigenvalue weighted by atomic mass is 35.5. The Labute approximate surface area is 202 Å². The number of rotatable bonds is 9. The Morgan fingerprint density at radius 2 is 1.97 bits per heavy atom. The second-order valence-electron chi connectivity index (χ2n) is 8.96. The molecule has 2 aromatic carbocycles. The van der Waals surface area contributed by atoms with Gasteiger partial charge in [-0.05, 0) is 81.0 Å². The molecule has 0 spiro atoms. The molecule has 4 rings (SSSR count). The standard InChI is InChI=1S/C26H31ClN2O2.ClH/c1-18(28(2)14-12-19-8-3-4-10-23(19)27)7-5-11-24(30)21-15-20-9-6-13-29-25(31)17-22(16-21)26(20)29;/h3-4,8,10,15-16,18H,5-7,9,11-14,17H2,1-2H3;1H. The van der Waals surface area contributed by atoms with Crippen molar-refractivity contribution in [1.29, 1.82) is 0 Å². The molecule has 172 valence electrons. The van der Waals surface area contributed by atoms with Gasteiger partial charge in [0, 0.05) is 36.1 Å². The molecule has 0 fully saturated rings. The van der Waals surface area contributed by atoms with Crippen LogP contribution in [-0.2, 0) is 24.1 Å². The summed E-state index contributed by atoms with van der Waals surface area (Å²) in [5, 5.41) is 0.826. The normalized spacial score (nSPS) is 15.5. The van der Waals surface area contributed by atoms with Crippen molar-refractivity contribution in [3.63, 3.8) is 0 Å². The number of likely N-dealkylation sites (N-methyl/N-ethyl adjacent to an activating group) is 1. The van der Waals surface area contributed by atoms with Crippen LogP contribution in [0.4, 0.5) is 5.69 Å². The molecule has 2 aliphatic heterocycles. The van der Waals surface area contributed by atoms with E-state index in [1.807, 2.05) is 35.2 Å². The summed E-state index contributed by atoms with van der Waals surface area (Å²) < 4.78 is 0. The number of anilines is 1. The SMILES string of the molecule is CC(CCCC(=O)c1cc2c3c(c1)CC(=O)N3CCC2)N(C)CCc1ccccc1Cl.Cl. The lowest BCUT2D eigenvalue weighted by atomic mass is 9.94. The third-order valence-corrected chi connectivity index (χ3v) is 7.17. The van der Waals surface area contributed by atoms with Gasteiger partial charge in [-0.25, -0.2) is 0 Å². The zero-order valence-corrected chi connectivity index (χ0v) is 20.5. The first-order valence-electron chi connectivity index (χ1n) is 11.4. The van der Waals surface area contributed by atoms with Crippen molar-refractivity contribution in [3.05, 3.63) is 63.7 Å². The topological polar surface area (TPSA) is 40.6 Å². The summed E-state index contributed by atoms with van der Waals surface area (Å²) in [6.07, 6.45) is 5.71. The van der Waals surface area contributed by atoms with Gasteiger partial charge in [-0.1, -0.05) is 29.8 Å². The number of carbonyl (C=O) groups excluding carboxylic acids is 2. The molecule has 0 saturated heterocycles. The maximum Gasteiger partial charge on any atom is 0.231 e. The smallest absolute Gasteiger partial charge is 0.231 e. The minimum Gasteiger partial charge on any atom is -0.312 e. The lowest BCUT2D eigenvalue weighted by Gasteiger charge is -2.26. The van der Waals surface area contributed by atoms with E-state index in [4.69, 9.17) is 11.6 Å². The molecule has 0 radical (unpaired) electrons. The summed E-state index contributed by atoms with van der Waals surface area (Å²) in [6.45, 7) is 3.97. The van der Waals surface area contributed by atoms with Crippen molar-refractivity contribution >= 4 is 41.4 Å². The zero-order valence-electron chi connectivity index (χ0n) is 18.9. The van der Waals surface area contributed by atoms with E-state index in [1.54, 1.807) is 0 Å². The number of benzene rings is 2. The van der Waals surface area contributed by atoms with Gasteiger partial charge in [0.2, 0.25) is 5.91 Å². The number of hydrogen-bond donors (Lipinski definition) is 0. The van der Waals surface area contributed by atoms with Gasteiger partial charge in [0.15, 0.2) is 5.78 Å². The molecule has 0 aromatic heterocycles. The van der Waals surface area contributed by atoms with Crippen LogP contribution in [0.3, 0.4) is 0 Å². The number of Topliss-reactive ketones (excluding diaryl/α,β-unsaturated/α-hetero) is 1. The minimum absolute atomic E-state index is 0. The second-order valence-corrected chi connectivity index (χ2v) is 9.36. The van der Waals surface area contributed by atoms with E-state index < -0.39 is 0 Å². The fourth-order valence-corrected chi connectivity index (χ4v) is 5.01. The number of carbonyl (C=O) groups is 2. The monoisotopic (exact) mass is 474 g/mol. The molecule has 0 saturated carbocycles. The van der Waals surface area contributed by atoms with Crippen LogP contribution in [0.25, 0.3) is 0 Å². The van der Waals surface area contributed by atoms with Gasteiger partial charge in [0.1, 0.15) is 0 Å². The summed E-state index contributed by atoms with van der Waals surface area (Å²) in [4.78, 5) is 29.3. The zero-order chi connectivity index (χ0) is 22.0. The predicted octanol–water partition coefficient (Wildman–Crippen LogP) is 5.51. The predicted molar refractivity (Wildman–Crippen MR) is 133 cm³/mol. The number of aryl methyl sites for hydroxylation is 1. The molecule has 2 heterocycles. The van der Waals surface area contributed by atoms with Crippen molar-refractivity contribution in [2.75, 3.05) is 25.0 Å². The molecule has 1 amide bonds. The number of ketones is 1. The fraction of sp³-hybridized carbons (Fsp3) is 0.462. The summed E-state index contributed by atoms with van der Waals surface area (Å²) >= 11 is 6.26. The first kappa shape index (κ1) is 24.8. The Morgan fingerprint density at radius 1 is 1.22 bits per heavy atom. The quantitative estimate of drug-likeness (QED) is 0.449. The lowest BCUT2D eigenvalue weighted by Crippen LogP contribution is -2.31. The molecular weight excluding hydrogens is 443 g/mol. The third kappa shape index (κ3) is 5.36. The summed E-state index contributed by atoms with van der Waals surface area (Å²) in [5.74, 6) is 0.371. The van der Waals surface area contributed by atoms with Crippen LogP contribution in [0.2, 0.25) is 5.02 Å². The number of nitrogens with zero attached hydrogens (tertiary/aromatic N) is 2. The van der Waals surface area contributed by atoms with Crippen LogP contribution in [0.5, 0.6) is 0 Å². The molecule has 1 unspecified atom stereocenters. The van der Waals surface area contributed by atoms with E-state index in [1.165, 1.54) is 11.1 Å². The third-order valence-electron chi connectivity index (χ3n) is 6.80. The molecule has 2 aromatic rings. The van der Waals surface area contributed by atoms with Gasteiger partial charge in [-0.2, -0.15) is 0 Å². The van der Waals surface area contributed by atoms with Crippen LogP contribution in [0.15, 0.2) is 36.4 Å². The Kier molecular flexibility index (Phi) is 8.37. The van der Waals surface area contributed by atoms with E-state index in [2.05, 4.69) is 24.9 Å². The molecule has 0 N–H and O–H groups in total. The van der Waals surface area contributed by atoms with Gasteiger partial charge in [-0.15, -0.1) is 12.4 Å². The van der Waals surface area contributed by atoms with Gasteiger partial charge in [-0.3, -0.25) is 9.59 Å². The average molecular weight is 475 g/mol. The highest BCUT2D eigenvalue weighted by molar-refractivity contribution is 6.31. The lowest BCUT2D eigenvalue weighted by molar-refractivity contribution is -0.117. The number of amides is 1. The molecule has 32 heavy (non-hydrogen) atoms. The van der Waals surface area contributed by atoms with Crippen LogP contribution in [0, 0.1) is 0 Å². The van der Waals surface area contributed by atoms with Crippen LogP contribution < -0.4 is 4.90 Å². The van der Waals surface area contributed by atoms with E-state index in [-0.39, 0.29) is 24.1 Å². The van der Waals surface area contributed by atoms with Crippen molar-refractivity contribution in [2.24, 2.45) is 0 Å². The first-order chi connectivity index (χ1) is 14.9. The number of halogens is 2. The molecule has 0 bridgehead atoms. The van der Waals surface area contributed by atoms with Crippen LogP contribution in [-0.4, -0.2) is 42.8 Å². The Hall–Kier alpha value is -1.88. The molecule has 4 nitrogen and oxygen atoms in total. The highest BCUT2D eigenvalue weighted by Gasteiger charge is 2.32. The second kappa shape index (κ2) is 10.8. The molecule has 0 aliphatic carbocycles. The first-order valence-corrected chi connectivity index (χ1v) is 11.7. The van der Waals surface area contributed by atoms with Crippen molar-refractivity contribution < 1.29 is 9.59 Å². The van der Waals surface area contributed by atoms with Crippen molar-refractivity contribution in [2.45, 2.75) is 57.9 Å². The largest absolute Gasteiger partial charge is 0.312 e. The summed E-state index contributed by atoms with van der Waals surface area (Å²) in [6, 6.07) is 12.4. The van der Waals surface area contributed by atoms with Crippen LogP contribution in [0.1, 0.15) is 59.7 Å². The minimum atomic E-state index is 0. The molecule has 2 aliphatic rings. The van der Waals surface area contributed by atoms with Gasteiger partial charge >= 0.3 is 0 Å². The Morgan fingerprint density at radius 3 is 2.75 bits per heavy atom. The van der Waals surface area contributed by atoms with Gasteiger partial charge in [0.25, 0.3) is 0 Å². The maximum absolute atomic E-state index is 12.9.